The van der Waals surface area contributed by atoms with Crippen LogP contribution >= 0.6 is 0 Å². The second-order valence-electron chi connectivity index (χ2n) is 3.81. The summed E-state index contributed by atoms with van der Waals surface area (Å²) in [5.74, 6) is 0.781. The molecule has 86 valence electrons. The summed E-state index contributed by atoms with van der Waals surface area (Å²) in [7, 11) is 1.63. The second-order valence-corrected chi connectivity index (χ2v) is 3.81. The molecule has 0 saturated carbocycles. The van der Waals surface area contributed by atoms with E-state index in [1.807, 2.05) is 48.5 Å². The standard InChI is InChI=1S/C15H14O2/c1-17-15-10-12(7-8-16)9-14(11-15)13-5-3-2-4-6-13/h2-6,8-11H,7H2,1H3. The predicted octanol–water partition coefficient (Wildman–Crippen LogP) is 3.10. The van der Waals surface area contributed by atoms with Crippen molar-refractivity contribution in [1.82, 2.24) is 0 Å². The summed E-state index contributed by atoms with van der Waals surface area (Å²) in [5.41, 5.74) is 3.17. The summed E-state index contributed by atoms with van der Waals surface area (Å²) < 4.78 is 5.25. The highest BCUT2D eigenvalue weighted by Gasteiger charge is 2.03. The van der Waals surface area contributed by atoms with Crippen LogP contribution in [0.2, 0.25) is 0 Å². The minimum atomic E-state index is 0.414. The molecule has 0 N–H and O–H groups in total. The molecule has 17 heavy (non-hydrogen) atoms. The first-order chi connectivity index (χ1) is 8.33. The van der Waals surface area contributed by atoms with E-state index in [0.717, 1.165) is 28.7 Å². The number of methoxy groups -OCH3 is 1. The van der Waals surface area contributed by atoms with Gasteiger partial charge in [0.25, 0.3) is 0 Å². The van der Waals surface area contributed by atoms with E-state index in [9.17, 15) is 4.79 Å². The zero-order chi connectivity index (χ0) is 12.1. The van der Waals surface area contributed by atoms with Crippen LogP contribution < -0.4 is 4.74 Å². The number of carbonyl (C=O) groups excluding carboxylic acids is 1. The van der Waals surface area contributed by atoms with E-state index in [1.165, 1.54) is 0 Å². The van der Waals surface area contributed by atoms with Crippen LogP contribution in [-0.4, -0.2) is 13.4 Å². The van der Waals surface area contributed by atoms with Gasteiger partial charge in [-0.05, 0) is 28.8 Å². The quantitative estimate of drug-likeness (QED) is 0.749. The van der Waals surface area contributed by atoms with E-state index in [2.05, 4.69) is 0 Å². The smallest absolute Gasteiger partial charge is 0.124 e. The van der Waals surface area contributed by atoms with Gasteiger partial charge in [-0.15, -0.1) is 0 Å². The summed E-state index contributed by atoms with van der Waals surface area (Å²) in [6.07, 6.45) is 1.32. The summed E-state index contributed by atoms with van der Waals surface area (Å²) in [6, 6.07) is 15.9. The molecule has 0 spiro atoms. The van der Waals surface area contributed by atoms with Crippen molar-refractivity contribution < 1.29 is 9.53 Å². The van der Waals surface area contributed by atoms with Gasteiger partial charge in [0.2, 0.25) is 0 Å². The Morgan fingerprint density at radius 3 is 2.47 bits per heavy atom. The topological polar surface area (TPSA) is 26.3 Å². The van der Waals surface area contributed by atoms with Crippen LogP contribution in [0.25, 0.3) is 11.1 Å². The Kier molecular flexibility index (Phi) is 3.55. The van der Waals surface area contributed by atoms with Crippen LogP contribution in [0.5, 0.6) is 5.75 Å². The monoisotopic (exact) mass is 226 g/mol. The maximum absolute atomic E-state index is 10.6. The minimum absolute atomic E-state index is 0.414. The molecule has 2 aromatic rings. The van der Waals surface area contributed by atoms with Crippen LogP contribution in [-0.2, 0) is 11.2 Å². The molecule has 2 aromatic carbocycles. The van der Waals surface area contributed by atoms with Crippen molar-refractivity contribution in [2.75, 3.05) is 7.11 Å². The molecule has 0 saturated heterocycles. The summed E-state index contributed by atoms with van der Waals surface area (Å²) in [5, 5.41) is 0. The molecule has 0 aliphatic rings. The van der Waals surface area contributed by atoms with Gasteiger partial charge >= 0.3 is 0 Å². The van der Waals surface area contributed by atoms with Crippen molar-refractivity contribution in [2.45, 2.75) is 6.42 Å². The lowest BCUT2D eigenvalue weighted by Crippen LogP contribution is -1.91. The van der Waals surface area contributed by atoms with Gasteiger partial charge in [0.1, 0.15) is 12.0 Å². The van der Waals surface area contributed by atoms with Gasteiger partial charge in [0.15, 0.2) is 0 Å². The molecule has 0 fully saturated rings. The van der Waals surface area contributed by atoms with Crippen molar-refractivity contribution in [3.63, 3.8) is 0 Å². The van der Waals surface area contributed by atoms with Crippen molar-refractivity contribution in [3.05, 3.63) is 54.1 Å². The molecule has 2 heteroatoms. The first-order valence-electron chi connectivity index (χ1n) is 5.50. The highest BCUT2D eigenvalue weighted by Crippen LogP contribution is 2.25. The molecule has 0 aromatic heterocycles. The minimum Gasteiger partial charge on any atom is -0.497 e. The van der Waals surface area contributed by atoms with Crippen LogP contribution in [0, 0.1) is 0 Å². The molecule has 0 amide bonds. The third-order valence-corrected chi connectivity index (χ3v) is 2.63. The maximum atomic E-state index is 10.6. The van der Waals surface area contributed by atoms with E-state index in [1.54, 1.807) is 7.11 Å². The van der Waals surface area contributed by atoms with E-state index in [0.29, 0.717) is 6.42 Å². The zero-order valence-electron chi connectivity index (χ0n) is 9.72. The molecule has 0 atom stereocenters. The van der Waals surface area contributed by atoms with Gasteiger partial charge in [-0.25, -0.2) is 0 Å². The van der Waals surface area contributed by atoms with Gasteiger partial charge in [0.05, 0.1) is 7.11 Å². The number of benzene rings is 2. The van der Waals surface area contributed by atoms with E-state index >= 15 is 0 Å². The molecule has 0 aliphatic heterocycles. The molecule has 2 nitrogen and oxygen atoms in total. The van der Waals surface area contributed by atoms with Gasteiger partial charge in [-0.1, -0.05) is 36.4 Å². The number of rotatable bonds is 4. The fourth-order valence-electron chi connectivity index (χ4n) is 1.79. The molecule has 0 bridgehead atoms. The average Bonchev–Trinajstić information content (AvgIpc) is 2.40. The third kappa shape index (κ3) is 2.72. The highest BCUT2D eigenvalue weighted by molar-refractivity contribution is 5.68. The molecular weight excluding hydrogens is 212 g/mol. The number of carbonyl (C=O) groups is 1. The summed E-state index contributed by atoms with van der Waals surface area (Å²) in [6.45, 7) is 0. The molecule has 0 radical (unpaired) electrons. The SMILES string of the molecule is COc1cc(CC=O)cc(-c2ccccc2)c1. The van der Waals surface area contributed by atoms with Crippen molar-refractivity contribution >= 4 is 6.29 Å². The van der Waals surface area contributed by atoms with Gasteiger partial charge in [0, 0.05) is 6.42 Å². The fraction of sp³-hybridized carbons (Fsp3) is 0.133. The molecule has 2 rings (SSSR count). The lowest BCUT2D eigenvalue weighted by atomic mass is 10.0. The third-order valence-electron chi connectivity index (χ3n) is 2.63. The van der Waals surface area contributed by atoms with Gasteiger partial charge in [-0.3, -0.25) is 0 Å². The zero-order valence-corrected chi connectivity index (χ0v) is 9.72. The normalized spacial score (nSPS) is 9.94. The largest absolute Gasteiger partial charge is 0.497 e. The average molecular weight is 226 g/mol. The van der Waals surface area contributed by atoms with E-state index < -0.39 is 0 Å². The van der Waals surface area contributed by atoms with Gasteiger partial charge < -0.3 is 9.53 Å². The van der Waals surface area contributed by atoms with Crippen molar-refractivity contribution in [2.24, 2.45) is 0 Å². The Labute approximate surface area is 101 Å². The number of aldehydes is 1. The van der Waals surface area contributed by atoms with E-state index in [4.69, 9.17) is 4.74 Å². The second kappa shape index (κ2) is 5.30. The lowest BCUT2D eigenvalue weighted by molar-refractivity contribution is -0.107. The Morgan fingerprint density at radius 2 is 1.82 bits per heavy atom. The summed E-state index contributed by atoms with van der Waals surface area (Å²) >= 11 is 0. The fourth-order valence-corrected chi connectivity index (χ4v) is 1.79. The Morgan fingerprint density at radius 1 is 1.06 bits per heavy atom. The van der Waals surface area contributed by atoms with Crippen LogP contribution in [0.4, 0.5) is 0 Å². The first-order valence-corrected chi connectivity index (χ1v) is 5.50. The van der Waals surface area contributed by atoms with Crippen molar-refractivity contribution in [1.29, 1.82) is 0 Å². The van der Waals surface area contributed by atoms with E-state index in [-0.39, 0.29) is 0 Å². The van der Waals surface area contributed by atoms with Crippen molar-refractivity contribution in [3.8, 4) is 16.9 Å². The Hall–Kier alpha value is -2.09. The number of ether oxygens (including phenoxy) is 1. The van der Waals surface area contributed by atoms with Crippen LogP contribution in [0.1, 0.15) is 5.56 Å². The maximum Gasteiger partial charge on any atom is 0.124 e. The molecular formula is C15H14O2. The molecule has 0 unspecified atom stereocenters. The summed E-state index contributed by atoms with van der Waals surface area (Å²) in [4.78, 5) is 10.6. The molecule has 0 heterocycles. The van der Waals surface area contributed by atoms with Crippen LogP contribution in [0.15, 0.2) is 48.5 Å². The first kappa shape index (κ1) is 11.4. The number of hydrogen-bond donors (Lipinski definition) is 0. The highest BCUT2D eigenvalue weighted by atomic mass is 16.5. The molecule has 0 aliphatic carbocycles. The predicted molar refractivity (Wildman–Crippen MR) is 68.2 cm³/mol. The Balaban J connectivity index is 2.46. The van der Waals surface area contributed by atoms with Crippen LogP contribution in [0.3, 0.4) is 0 Å². The number of hydrogen-bond acceptors (Lipinski definition) is 2. The van der Waals surface area contributed by atoms with Gasteiger partial charge in [-0.2, -0.15) is 0 Å². The lowest BCUT2D eigenvalue weighted by Gasteiger charge is -2.07. The Bertz CT molecular complexity index is 504.